The molecule has 1 heterocycles. The molecule has 0 radical (unpaired) electrons. The molecular weight excluding hydrogens is 180 g/mol. The second-order valence-corrected chi connectivity index (χ2v) is 4.05. The summed E-state index contributed by atoms with van der Waals surface area (Å²) in [6.45, 7) is 3.35. The van der Waals surface area contributed by atoms with Crippen molar-refractivity contribution in [2.24, 2.45) is 5.41 Å². The Morgan fingerprint density at radius 1 is 1.36 bits per heavy atom. The van der Waals surface area contributed by atoms with Gasteiger partial charge in [0.1, 0.15) is 5.75 Å². The van der Waals surface area contributed by atoms with Crippen molar-refractivity contribution in [3.05, 3.63) is 29.8 Å². The molecule has 1 aromatic carbocycles. The van der Waals surface area contributed by atoms with E-state index in [-0.39, 0.29) is 5.97 Å². The van der Waals surface area contributed by atoms with Crippen LogP contribution in [0.4, 0.5) is 0 Å². The number of hydrogen-bond donors (Lipinski definition) is 1. The van der Waals surface area contributed by atoms with Crippen LogP contribution in [0.25, 0.3) is 0 Å². The second kappa shape index (κ2) is 2.82. The Bertz CT molecular complexity index is 382. The summed E-state index contributed by atoms with van der Waals surface area (Å²) in [6.07, 6.45) is -0.792. The molecule has 74 valence electrons. The molecule has 1 aromatic rings. The molecule has 1 aliphatic rings. The molecule has 3 nitrogen and oxygen atoms in total. The fraction of sp³-hybridized carbons (Fsp3) is 0.364. The Hall–Kier alpha value is -1.35. The number of aliphatic hydroxyl groups is 1. The van der Waals surface area contributed by atoms with Crippen molar-refractivity contribution in [2.45, 2.75) is 20.0 Å². The summed E-state index contributed by atoms with van der Waals surface area (Å²) in [4.78, 5) is 11.5. The third-order valence-electron chi connectivity index (χ3n) is 2.63. The van der Waals surface area contributed by atoms with Crippen LogP contribution in [0.2, 0.25) is 0 Å². The number of carbonyl (C=O) groups is 1. The first kappa shape index (κ1) is 9.21. The fourth-order valence-electron chi connectivity index (χ4n) is 1.53. The van der Waals surface area contributed by atoms with E-state index in [0.717, 1.165) is 0 Å². The van der Waals surface area contributed by atoms with Crippen molar-refractivity contribution in [3.63, 3.8) is 0 Å². The first-order valence-corrected chi connectivity index (χ1v) is 4.53. The first-order chi connectivity index (χ1) is 6.53. The zero-order chi connectivity index (χ0) is 10.3. The fourth-order valence-corrected chi connectivity index (χ4v) is 1.53. The van der Waals surface area contributed by atoms with Gasteiger partial charge in [0.25, 0.3) is 0 Å². The Morgan fingerprint density at radius 3 is 2.71 bits per heavy atom. The van der Waals surface area contributed by atoms with Gasteiger partial charge in [-0.1, -0.05) is 18.2 Å². The normalized spacial score (nSPS) is 23.9. The summed E-state index contributed by atoms with van der Waals surface area (Å²) >= 11 is 0. The van der Waals surface area contributed by atoms with Crippen molar-refractivity contribution >= 4 is 5.97 Å². The number of aliphatic hydroxyl groups excluding tert-OH is 1. The maximum atomic E-state index is 11.5. The first-order valence-electron chi connectivity index (χ1n) is 4.53. The van der Waals surface area contributed by atoms with Crippen LogP contribution in [0.15, 0.2) is 24.3 Å². The number of benzene rings is 1. The highest BCUT2D eigenvalue weighted by molar-refractivity contribution is 5.81. The molecule has 2 rings (SSSR count). The third kappa shape index (κ3) is 1.13. The third-order valence-corrected chi connectivity index (χ3v) is 2.63. The van der Waals surface area contributed by atoms with E-state index in [1.807, 2.05) is 6.07 Å². The summed E-state index contributed by atoms with van der Waals surface area (Å²) in [5.41, 5.74) is -0.189. The number of ether oxygens (including phenoxy) is 1. The Morgan fingerprint density at radius 2 is 2.00 bits per heavy atom. The molecule has 1 aliphatic heterocycles. The molecule has 1 N–H and O–H groups in total. The Kier molecular flexibility index (Phi) is 1.86. The summed E-state index contributed by atoms with van der Waals surface area (Å²) in [5, 5.41) is 9.96. The quantitative estimate of drug-likeness (QED) is 0.502. The van der Waals surface area contributed by atoms with Gasteiger partial charge < -0.3 is 9.84 Å². The minimum absolute atomic E-state index is 0.385. The Labute approximate surface area is 82.3 Å². The van der Waals surface area contributed by atoms with E-state index in [2.05, 4.69) is 0 Å². The van der Waals surface area contributed by atoms with E-state index in [9.17, 15) is 9.90 Å². The predicted octanol–water partition coefficient (Wildman–Crippen LogP) is 1.67. The van der Waals surface area contributed by atoms with Crippen LogP contribution in [0.3, 0.4) is 0 Å². The van der Waals surface area contributed by atoms with Crippen molar-refractivity contribution in [1.82, 2.24) is 0 Å². The van der Waals surface area contributed by atoms with Gasteiger partial charge in [-0.3, -0.25) is 4.79 Å². The molecule has 0 spiro atoms. The van der Waals surface area contributed by atoms with Crippen molar-refractivity contribution < 1.29 is 14.6 Å². The summed E-state index contributed by atoms with van der Waals surface area (Å²) < 4.78 is 5.12. The van der Waals surface area contributed by atoms with E-state index in [0.29, 0.717) is 11.3 Å². The highest BCUT2D eigenvalue weighted by atomic mass is 16.5. The zero-order valence-electron chi connectivity index (χ0n) is 8.15. The summed E-state index contributed by atoms with van der Waals surface area (Å²) in [5.74, 6) is 0.0769. The van der Waals surface area contributed by atoms with E-state index >= 15 is 0 Å². The largest absolute Gasteiger partial charge is 0.426 e. The van der Waals surface area contributed by atoms with Gasteiger partial charge in [0, 0.05) is 5.56 Å². The van der Waals surface area contributed by atoms with Crippen molar-refractivity contribution in [2.75, 3.05) is 0 Å². The molecule has 0 saturated carbocycles. The average Bonchev–Trinajstić information content (AvgIpc) is 2.15. The van der Waals surface area contributed by atoms with Gasteiger partial charge in [0.2, 0.25) is 0 Å². The molecule has 1 unspecified atom stereocenters. The maximum Gasteiger partial charge on any atom is 0.319 e. The number of esters is 1. The van der Waals surface area contributed by atoms with Gasteiger partial charge >= 0.3 is 5.97 Å². The molecule has 0 amide bonds. The van der Waals surface area contributed by atoms with Crippen LogP contribution in [-0.2, 0) is 4.79 Å². The van der Waals surface area contributed by atoms with E-state index in [1.165, 1.54) is 0 Å². The topological polar surface area (TPSA) is 46.5 Å². The van der Waals surface area contributed by atoms with E-state index in [4.69, 9.17) is 4.74 Å². The lowest BCUT2D eigenvalue weighted by molar-refractivity contribution is -0.154. The molecule has 1 atom stereocenters. The molecule has 0 saturated heterocycles. The van der Waals surface area contributed by atoms with Crippen LogP contribution < -0.4 is 4.74 Å². The van der Waals surface area contributed by atoms with Crippen molar-refractivity contribution in [1.29, 1.82) is 0 Å². The van der Waals surface area contributed by atoms with Gasteiger partial charge in [-0.25, -0.2) is 0 Å². The molecule has 14 heavy (non-hydrogen) atoms. The van der Waals surface area contributed by atoms with E-state index < -0.39 is 11.5 Å². The highest BCUT2D eigenvalue weighted by Crippen LogP contribution is 2.42. The minimum Gasteiger partial charge on any atom is -0.426 e. The number of rotatable bonds is 0. The van der Waals surface area contributed by atoms with Crippen LogP contribution >= 0.6 is 0 Å². The Balaban J connectivity index is 2.55. The molecule has 3 heteroatoms. The van der Waals surface area contributed by atoms with Crippen LogP contribution in [0.1, 0.15) is 25.5 Å². The summed E-state index contributed by atoms with van der Waals surface area (Å²) in [6, 6.07) is 7.05. The minimum atomic E-state index is -0.867. The number of para-hydroxylation sites is 1. The average molecular weight is 192 g/mol. The number of hydrogen-bond acceptors (Lipinski definition) is 3. The van der Waals surface area contributed by atoms with Crippen LogP contribution in [-0.4, -0.2) is 11.1 Å². The van der Waals surface area contributed by atoms with E-state index in [1.54, 1.807) is 32.0 Å². The smallest absolute Gasteiger partial charge is 0.319 e. The molecular formula is C11H12O3. The SMILES string of the molecule is CC1(C)C(=O)Oc2ccccc2C1O. The summed E-state index contributed by atoms with van der Waals surface area (Å²) in [7, 11) is 0. The van der Waals surface area contributed by atoms with Gasteiger partial charge in [0.05, 0.1) is 11.5 Å². The maximum absolute atomic E-state index is 11.5. The van der Waals surface area contributed by atoms with Crippen LogP contribution in [0, 0.1) is 5.41 Å². The van der Waals surface area contributed by atoms with Crippen LogP contribution in [0.5, 0.6) is 5.75 Å². The van der Waals surface area contributed by atoms with Gasteiger partial charge in [-0.05, 0) is 19.9 Å². The predicted molar refractivity (Wildman–Crippen MR) is 50.8 cm³/mol. The van der Waals surface area contributed by atoms with Gasteiger partial charge in [-0.15, -0.1) is 0 Å². The monoisotopic (exact) mass is 192 g/mol. The van der Waals surface area contributed by atoms with Crippen molar-refractivity contribution in [3.8, 4) is 5.75 Å². The number of carbonyl (C=O) groups excluding carboxylic acids is 1. The molecule has 0 fully saturated rings. The lowest BCUT2D eigenvalue weighted by Gasteiger charge is -2.33. The molecule has 0 aliphatic carbocycles. The highest BCUT2D eigenvalue weighted by Gasteiger charge is 2.43. The lowest BCUT2D eigenvalue weighted by Crippen LogP contribution is -2.39. The second-order valence-electron chi connectivity index (χ2n) is 4.05. The standard InChI is InChI=1S/C11H12O3/c1-11(2)9(12)7-5-3-4-6-8(7)14-10(11)13/h3-6,9,12H,1-2H3. The molecule has 0 bridgehead atoms. The molecule has 0 aromatic heterocycles. The van der Waals surface area contributed by atoms with Gasteiger partial charge in [-0.2, -0.15) is 0 Å². The number of fused-ring (bicyclic) bond motifs is 1. The van der Waals surface area contributed by atoms with Gasteiger partial charge in [0.15, 0.2) is 0 Å². The zero-order valence-corrected chi connectivity index (χ0v) is 8.15. The lowest BCUT2D eigenvalue weighted by atomic mass is 9.80.